The molecule has 3 N–H and O–H groups in total. The lowest BCUT2D eigenvalue weighted by atomic mass is 10.1. The van der Waals surface area contributed by atoms with Crippen LogP contribution in [-0.2, 0) is 6.18 Å². The SMILES string of the molecule is O=C(NO)c1cccc2c1Nc1cc(C(F)(F)F)ccc1S2. The molecule has 4 nitrogen and oxygen atoms in total. The fraction of sp³-hybridized carbons (Fsp3) is 0.0714. The van der Waals surface area contributed by atoms with Gasteiger partial charge >= 0.3 is 6.18 Å². The number of hydrogen-bond donors (Lipinski definition) is 3. The van der Waals surface area contributed by atoms with E-state index in [1.807, 2.05) is 0 Å². The van der Waals surface area contributed by atoms with Gasteiger partial charge in [0.25, 0.3) is 5.91 Å². The number of carbonyl (C=O) groups excluding carboxylic acids is 1. The van der Waals surface area contributed by atoms with Crippen LogP contribution in [0, 0.1) is 0 Å². The highest BCUT2D eigenvalue weighted by atomic mass is 32.2. The van der Waals surface area contributed by atoms with Gasteiger partial charge in [-0.3, -0.25) is 10.0 Å². The lowest BCUT2D eigenvalue weighted by Gasteiger charge is -2.23. The fourth-order valence-corrected chi connectivity index (χ4v) is 3.14. The molecule has 22 heavy (non-hydrogen) atoms. The molecule has 0 unspecified atom stereocenters. The van der Waals surface area contributed by atoms with E-state index in [1.165, 1.54) is 29.4 Å². The topological polar surface area (TPSA) is 61.4 Å². The first-order valence-corrected chi connectivity index (χ1v) is 6.95. The zero-order valence-corrected chi connectivity index (χ0v) is 11.7. The molecule has 114 valence electrons. The van der Waals surface area contributed by atoms with E-state index >= 15 is 0 Å². The maximum atomic E-state index is 12.8. The summed E-state index contributed by atoms with van der Waals surface area (Å²) >= 11 is 1.25. The molecule has 1 aliphatic rings. The van der Waals surface area contributed by atoms with Gasteiger partial charge in [-0.25, -0.2) is 5.48 Å². The summed E-state index contributed by atoms with van der Waals surface area (Å²) in [5, 5.41) is 11.6. The van der Waals surface area contributed by atoms with Crippen LogP contribution in [0.2, 0.25) is 0 Å². The lowest BCUT2D eigenvalue weighted by molar-refractivity contribution is -0.137. The van der Waals surface area contributed by atoms with Gasteiger partial charge in [0.05, 0.1) is 22.5 Å². The van der Waals surface area contributed by atoms with Crippen molar-refractivity contribution < 1.29 is 23.2 Å². The van der Waals surface area contributed by atoms with E-state index in [9.17, 15) is 18.0 Å². The zero-order valence-electron chi connectivity index (χ0n) is 10.9. The molecule has 0 radical (unpaired) electrons. The monoisotopic (exact) mass is 326 g/mol. The van der Waals surface area contributed by atoms with Gasteiger partial charge in [-0.1, -0.05) is 17.8 Å². The number of rotatable bonds is 1. The lowest BCUT2D eigenvalue weighted by Crippen LogP contribution is -2.20. The molecule has 0 aliphatic carbocycles. The van der Waals surface area contributed by atoms with Crippen LogP contribution < -0.4 is 10.8 Å². The average Bonchev–Trinajstić information content (AvgIpc) is 2.50. The van der Waals surface area contributed by atoms with E-state index in [-0.39, 0.29) is 11.3 Å². The third kappa shape index (κ3) is 2.51. The quantitative estimate of drug-likeness (QED) is 0.467. The van der Waals surface area contributed by atoms with Gasteiger partial charge in [0.15, 0.2) is 0 Å². The number of para-hydroxylation sites is 1. The number of anilines is 2. The molecule has 3 rings (SSSR count). The van der Waals surface area contributed by atoms with Crippen molar-refractivity contribution in [2.75, 3.05) is 5.32 Å². The van der Waals surface area contributed by atoms with Crippen molar-refractivity contribution in [3.63, 3.8) is 0 Å². The van der Waals surface area contributed by atoms with Crippen LogP contribution in [0.5, 0.6) is 0 Å². The van der Waals surface area contributed by atoms with Gasteiger partial charge in [-0.05, 0) is 30.3 Å². The summed E-state index contributed by atoms with van der Waals surface area (Å²) in [5.74, 6) is -0.736. The first kappa shape index (κ1) is 14.7. The highest BCUT2D eigenvalue weighted by Crippen LogP contribution is 2.47. The van der Waals surface area contributed by atoms with Crippen LogP contribution in [0.3, 0.4) is 0 Å². The largest absolute Gasteiger partial charge is 0.416 e. The van der Waals surface area contributed by atoms with Crippen molar-refractivity contribution in [1.82, 2.24) is 5.48 Å². The Balaban J connectivity index is 2.06. The number of halogens is 3. The number of nitrogens with one attached hydrogen (secondary N) is 2. The molecule has 8 heteroatoms. The maximum absolute atomic E-state index is 12.8. The Kier molecular flexibility index (Phi) is 3.50. The second kappa shape index (κ2) is 5.22. The Hall–Kier alpha value is -2.19. The Morgan fingerprint density at radius 3 is 2.64 bits per heavy atom. The molecule has 2 aromatic carbocycles. The van der Waals surface area contributed by atoms with Gasteiger partial charge in [0.2, 0.25) is 0 Å². The number of carbonyl (C=O) groups is 1. The Morgan fingerprint density at radius 1 is 1.18 bits per heavy atom. The number of alkyl halides is 3. The van der Waals surface area contributed by atoms with Crippen LogP contribution in [0.4, 0.5) is 24.5 Å². The second-order valence-electron chi connectivity index (χ2n) is 4.56. The molecule has 1 aliphatic heterocycles. The minimum atomic E-state index is -4.44. The highest BCUT2D eigenvalue weighted by Gasteiger charge is 2.32. The fourth-order valence-electron chi connectivity index (χ4n) is 2.14. The van der Waals surface area contributed by atoms with Crippen LogP contribution in [0.25, 0.3) is 0 Å². The van der Waals surface area contributed by atoms with E-state index in [0.29, 0.717) is 15.5 Å². The first-order valence-electron chi connectivity index (χ1n) is 6.13. The molecule has 0 bridgehead atoms. The van der Waals surface area contributed by atoms with Crippen molar-refractivity contribution in [3.05, 3.63) is 47.5 Å². The van der Waals surface area contributed by atoms with Gasteiger partial charge in [-0.15, -0.1) is 0 Å². The highest BCUT2D eigenvalue weighted by molar-refractivity contribution is 7.99. The summed E-state index contributed by atoms with van der Waals surface area (Å²) in [4.78, 5) is 12.9. The van der Waals surface area contributed by atoms with Crippen LogP contribution in [-0.4, -0.2) is 11.1 Å². The second-order valence-corrected chi connectivity index (χ2v) is 5.64. The van der Waals surface area contributed by atoms with Crippen molar-refractivity contribution in [2.45, 2.75) is 16.0 Å². The number of hydrogen-bond acceptors (Lipinski definition) is 4. The van der Waals surface area contributed by atoms with Crippen molar-refractivity contribution in [2.24, 2.45) is 0 Å². The smallest absolute Gasteiger partial charge is 0.353 e. The van der Waals surface area contributed by atoms with Gasteiger partial charge in [0.1, 0.15) is 0 Å². The third-order valence-electron chi connectivity index (χ3n) is 3.16. The predicted molar refractivity (Wildman–Crippen MR) is 74.5 cm³/mol. The van der Waals surface area contributed by atoms with Gasteiger partial charge < -0.3 is 5.32 Å². The molecule has 1 heterocycles. The van der Waals surface area contributed by atoms with E-state index in [1.54, 1.807) is 12.1 Å². The summed E-state index contributed by atoms with van der Waals surface area (Å²) in [7, 11) is 0. The summed E-state index contributed by atoms with van der Waals surface area (Å²) in [6.07, 6.45) is -4.44. The molecule has 0 spiro atoms. The number of benzene rings is 2. The van der Waals surface area contributed by atoms with Crippen LogP contribution in [0.1, 0.15) is 15.9 Å². The van der Waals surface area contributed by atoms with Crippen molar-refractivity contribution >= 4 is 29.0 Å². The molecule has 2 aromatic rings. The molecule has 0 aromatic heterocycles. The van der Waals surface area contributed by atoms with E-state index in [4.69, 9.17) is 5.21 Å². The van der Waals surface area contributed by atoms with E-state index in [0.717, 1.165) is 12.1 Å². The molecule has 0 saturated heterocycles. The van der Waals surface area contributed by atoms with Gasteiger partial charge in [-0.2, -0.15) is 13.2 Å². The van der Waals surface area contributed by atoms with Crippen molar-refractivity contribution in [1.29, 1.82) is 0 Å². The van der Waals surface area contributed by atoms with Crippen molar-refractivity contribution in [3.8, 4) is 0 Å². The molecule has 0 atom stereocenters. The summed E-state index contributed by atoms with van der Waals surface area (Å²) in [6, 6.07) is 8.24. The molecular weight excluding hydrogens is 317 g/mol. The van der Waals surface area contributed by atoms with Gasteiger partial charge in [0, 0.05) is 9.79 Å². The summed E-state index contributed by atoms with van der Waals surface area (Å²) in [6.45, 7) is 0. The Morgan fingerprint density at radius 2 is 1.95 bits per heavy atom. The molecule has 1 amide bonds. The standard InChI is InChI=1S/C14H9F3N2O2S/c15-14(16,17)7-4-5-10-9(6-7)18-12-8(13(20)19-21)2-1-3-11(12)22-10/h1-6,18,21H,(H,19,20). The number of hydroxylamine groups is 1. The third-order valence-corrected chi connectivity index (χ3v) is 4.29. The average molecular weight is 326 g/mol. The summed E-state index contributed by atoms with van der Waals surface area (Å²) < 4.78 is 38.4. The Labute approximate surface area is 127 Å². The summed E-state index contributed by atoms with van der Waals surface area (Å²) in [5.41, 5.74) is 1.54. The first-order chi connectivity index (χ1) is 10.4. The number of fused-ring (bicyclic) bond motifs is 2. The minimum Gasteiger partial charge on any atom is -0.353 e. The molecule has 0 fully saturated rings. The minimum absolute atomic E-state index is 0.149. The number of amides is 1. The predicted octanol–water partition coefficient (Wildman–Crippen LogP) is 4.03. The van der Waals surface area contributed by atoms with E-state index in [2.05, 4.69) is 5.32 Å². The van der Waals surface area contributed by atoms with Crippen LogP contribution >= 0.6 is 11.8 Å². The van der Waals surface area contributed by atoms with Crippen LogP contribution in [0.15, 0.2) is 46.2 Å². The zero-order chi connectivity index (χ0) is 15.9. The maximum Gasteiger partial charge on any atom is 0.416 e. The Bertz CT molecular complexity index is 762. The normalized spacial score (nSPS) is 12.9. The molecule has 0 saturated carbocycles. The van der Waals surface area contributed by atoms with E-state index < -0.39 is 17.6 Å². The molecular formula is C14H9F3N2O2S.